The van der Waals surface area contributed by atoms with Crippen LogP contribution in [0.5, 0.6) is 0 Å². The van der Waals surface area contributed by atoms with Gasteiger partial charge in [0.25, 0.3) is 5.69 Å². The number of hydrogen-bond donors (Lipinski definition) is 1. The van der Waals surface area contributed by atoms with Gasteiger partial charge >= 0.3 is 5.97 Å². The molecule has 6 nitrogen and oxygen atoms in total. The quantitative estimate of drug-likeness (QED) is 0.674. The van der Waals surface area contributed by atoms with Crippen molar-refractivity contribution in [3.63, 3.8) is 0 Å². The number of carboxylic acid groups (broad SMARTS) is 1. The molecule has 0 saturated carbocycles. The largest absolute Gasteiger partial charge is 0.481 e. The summed E-state index contributed by atoms with van der Waals surface area (Å²) in [7, 11) is 0. The Morgan fingerprint density at radius 3 is 2.65 bits per heavy atom. The number of carbonyl (C=O) groups is 1. The minimum atomic E-state index is -0.726. The van der Waals surface area contributed by atoms with E-state index in [2.05, 4.69) is 4.90 Å². The van der Waals surface area contributed by atoms with Crippen LogP contribution in [0, 0.1) is 23.0 Å². The Morgan fingerprint density at radius 1 is 1.45 bits per heavy atom. The highest BCUT2D eigenvalue weighted by molar-refractivity contribution is 5.70. The van der Waals surface area contributed by atoms with E-state index in [4.69, 9.17) is 5.11 Å². The summed E-state index contributed by atoms with van der Waals surface area (Å²) in [5.74, 6) is -0.978. The van der Waals surface area contributed by atoms with Gasteiger partial charge in [-0.15, -0.1) is 0 Å². The van der Waals surface area contributed by atoms with Crippen LogP contribution in [0.3, 0.4) is 0 Å². The van der Waals surface area contributed by atoms with Gasteiger partial charge in [-0.3, -0.25) is 19.8 Å². The number of aliphatic carboxylic acids is 1. The molecule has 1 aliphatic rings. The van der Waals surface area contributed by atoms with E-state index in [-0.39, 0.29) is 16.5 Å². The first-order chi connectivity index (χ1) is 9.49. The van der Waals surface area contributed by atoms with Crippen LogP contribution in [0.25, 0.3) is 0 Å². The molecule has 0 atom stereocenters. The van der Waals surface area contributed by atoms with Gasteiger partial charge in [0.2, 0.25) is 0 Å². The summed E-state index contributed by atoms with van der Waals surface area (Å²) in [4.78, 5) is 23.6. The highest BCUT2D eigenvalue weighted by Gasteiger charge is 2.25. The lowest BCUT2D eigenvalue weighted by Crippen LogP contribution is -2.36. The molecule has 0 bridgehead atoms. The monoisotopic (exact) mass is 278 g/mol. The fourth-order valence-corrected chi connectivity index (χ4v) is 2.62. The number of nitrogens with zero attached hydrogens (tertiary/aromatic N) is 2. The van der Waals surface area contributed by atoms with Crippen LogP contribution >= 0.6 is 0 Å². The molecule has 2 rings (SSSR count). The Balaban J connectivity index is 2.03. The molecule has 0 spiro atoms. The van der Waals surface area contributed by atoms with Gasteiger partial charge in [0.1, 0.15) is 0 Å². The number of nitro groups is 1. The summed E-state index contributed by atoms with van der Waals surface area (Å²) >= 11 is 0. The first-order valence-electron chi connectivity index (χ1n) is 6.67. The zero-order valence-electron chi connectivity index (χ0n) is 11.4. The second-order valence-electron chi connectivity index (χ2n) is 5.21. The van der Waals surface area contributed by atoms with E-state index in [1.165, 1.54) is 6.07 Å². The number of benzene rings is 1. The summed E-state index contributed by atoms with van der Waals surface area (Å²) < 4.78 is 0. The molecule has 1 heterocycles. The summed E-state index contributed by atoms with van der Waals surface area (Å²) in [5, 5.41) is 19.9. The van der Waals surface area contributed by atoms with Crippen LogP contribution in [0.2, 0.25) is 0 Å². The van der Waals surface area contributed by atoms with Gasteiger partial charge in [0.05, 0.1) is 10.8 Å². The maximum atomic E-state index is 10.9. The van der Waals surface area contributed by atoms with Gasteiger partial charge in [-0.25, -0.2) is 0 Å². The summed E-state index contributed by atoms with van der Waals surface area (Å²) in [6.07, 6.45) is 1.28. The van der Waals surface area contributed by atoms with Gasteiger partial charge in [0, 0.05) is 18.2 Å². The number of piperidine rings is 1. The van der Waals surface area contributed by atoms with E-state index in [1.807, 2.05) is 6.07 Å². The van der Waals surface area contributed by atoms with Crippen LogP contribution in [0.1, 0.15) is 24.0 Å². The predicted octanol–water partition coefficient (Wildman–Crippen LogP) is 2.20. The van der Waals surface area contributed by atoms with Gasteiger partial charge in [-0.05, 0) is 38.4 Å². The van der Waals surface area contributed by atoms with E-state index < -0.39 is 5.97 Å². The fraction of sp³-hybridized carbons (Fsp3) is 0.500. The van der Waals surface area contributed by atoms with Crippen molar-refractivity contribution in [2.75, 3.05) is 13.1 Å². The van der Waals surface area contributed by atoms with Gasteiger partial charge in [0.15, 0.2) is 0 Å². The molecule has 0 unspecified atom stereocenters. The van der Waals surface area contributed by atoms with E-state index in [0.29, 0.717) is 24.9 Å². The van der Waals surface area contributed by atoms with E-state index >= 15 is 0 Å². The van der Waals surface area contributed by atoms with Crippen molar-refractivity contribution in [2.45, 2.75) is 26.3 Å². The maximum absolute atomic E-state index is 10.9. The smallest absolute Gasteiger partial charge is 0.306 e. The van der Waals surface area contributed by atoms with Crippen LogP contribution in [0.15, 0.2) is 18.2 Å². The molecule has 1 aromatic rings. The summed E-state index contributed by atoms with van der Waals surface area (Å²) in [6.45, 7) is 3.84. The molecule has 0 aliphatic carbocycles. The van der Waals surface area contributed by atoms with Crippen LogP contribution < -0.4 is 0 Å². The van der Waals surface area contributed by atoms with Crippen molar-refractivity contribution in [1.29, 1.82) is 0 Å². The fourth-order valence-electron chi connectivity index (χ4n) is 2.62. The minimum absolute atomic E-state index is 0.142. The van der Waals surface area contributed by atoms with Gasteiger partial charge in [-0.1, -0.05) is 12.1 Å². The van der Waals surface area contributed by atoms with Crippen LogP contribution in [-0.4, -0.2) is 34.0 Å². The average Bonchev–Trinajstić information content (AvgIpc) is 2.41. The van der Waals surface area contributed by atoms with Gasteiger partial charge in [-0.2, -0.15) is 0 Å². The second kappa shape index (κ2) is 6.00. The van der Waals surface area contributed by atoms with Crippen molar-refractivity contribution in [3.05, 3.63) is 39.4 Å². The molecule has 108 valence electrons. The van der Waals surface area contributed by atoms with Crippen molar-refractivity contribution >= 4 is 11.7 Å². The lowest BCUT2D eigenvalue weighted by atomic mass is 9.96. The lowest BCUT2D eigenvalue weighted by molar-refractivity contribution is -0.385. The summed E-state index contributed by atoms with van der Waals surface area (Å²) in [6, 6.07) is 5.10. The Kier molecular flexibility index (Phi) is 4.34. The molecule has 1 fully saturated rings. The highest BCUT2D eigenvalue weighted by atomic mass is 16.6. The summed E-state index contributed by atoms with van der Waals surface area (Å²) in [5.41, 5.74) is 1.77. The standard InChI is InChI=1S/C14H18N2O4/c1-10-12(3-2-4-13(10)16(19)20)9-15-7-5-11(6-8-15)14(17)18/h2-4,11H,5-9H2,1H3,(H,17,18). The molecular weight excluding hydrogens is 260 g/mol. The van der Waals surface area contributed by atoms with E-state index in [0.717, 1.165) is 18.7 Å². The third kappa shape index (κ3) is 3.14. The van der Waals surface area contributed by atoms with E-state index in [9.17, 15) is 14.9 Å². The second-order valence-corrected chi connectivity index (χ2v) is 5.21. The molecule has 0 aromatic heterocycles. The van der Waals surface area contributed by atoms with Crippen LogP contribution in [0.4, 0.5) is 5.69 Å². The lowest BCUT2D eigenvalue weighted by Gasteiger charge is -2.30. The molecule has 0 amide bonds. The first-order valence-corrected chi connectivity index (χ1v) is 6.67. The average molecular weight is 278 g/mol. The Labute approximate surface area is 117 Å². The van der Waals surface area contributed by atoms with Crippen molar-refractivity contribution in [2.24, 2.45) is 5.92 Å². The zero-order valence-corrected chi connectivity index (χ0v) is 11.4. The van der Waals surface area contributed by atoms with E-state index in [1.54, 1.807) is 13.0 Å². The normalized spacial score (nSPS) is 17.1. The minimum Gasteiger partial charge on any atom is -0.481 e. The molecular formula is C14H18N2O4. The number of likely N-dealkylation sites (tertiary alicyclic amines) is 1. The number of hydrogen-bond acceptors (Lipinski definition) is 4. The number of rotatable bonds is 4. The Hall–Kier alpha value is -1.95. The zero-order chi connectivity index (χ0) is 14.7. The van der Waals surface area contributed by atoms with Crippen LogP contribution in [-0.2, 0) is 11.3 Å². The molecule has 1 aliphatic heterocycles. The number of nitro benzene ring substituents is 1. The molecule has 6 heteroatoms. The topological polar surface area (TPSA) is 83.7 Å². The maximum Gasteiger partial charge on any atom is 0.306 e. The van der Waals surface area contributed by atoms with Crippen molar-refractivity contribution in [1.82, 2.24) is 4.90 Å². The molecule has 1 saturated heterocycles. The number of carboxylic acids is 1. The molecule has 1 N–H and O–H groups in total. The molecule has 20 heavy (non-hydrogen) atoms. The highest BCUT2D eigenvalue weighted by Crippen LogP contribution is 2.24. The van der Waals surface area contributed by atoms with Gasteiger partial charge < -0.3 is 5.11 Å². The molecule has 1 aromatic carbocycles. The Morgan fingerprint density at radius 2 is 2.10 bits per heavy atom. The first kappa shape index (κ1) is 14.5. The predicted molar refractivity (Wildman–Crippen MR) is 73.5 cm³/mol. The third-order valence-electron chi connectivity index (χ3n) is 3.94. The third-order valence-corrected chi connectivity index (χ3v) is 3.94. The Bertz CT molecular complexity index is 522. The SMILES string of the molecule is Cc1c(CN2CCC(C(=O)O)CC2)cccc1[N+](=O)[O-]. The molecule has 0 radical (unpaired) electrons. The van der Waals surface area contributed by atoms with Crippen molar-refractivity contribution in [3.8, 4) is 0 Å². The van der Waals surface area contributed by atoms with Crippen molar-refractivity contribution < 1.29 is 14.8 Å².